The molecule has 2 heterocycles. The minimum Gasteiger partial charge on any atom is -0.360 e. The molecule has 1 amide bonds. The summed E-state index contributed by atoms with van der Waals surface area (Å²) in [5.41, 5.74) is 1.74. The number of fused-ring (bicyclic) bond motifs is 1. The average molecular weight is 327 g/mol. The average Bonchev–Trinajstić information content (AvgIpc) is 2.99. The highest BCUT2D eigenvalue weighted by Gasteiger charge is 2.23. The largest absolute Gasteiger partial charge is 0.360 e. The van der Waals surface area contributed by atoms with E-state index in [1.807, 2.05) is 29.2 Å². The maximum Gasteiger partial charge on any atom is 0.222 e. The van der Waals surface area contributed by atoms with Gasteiger partial charge in [-0.2, -0.15) is 0 Å². The number of nitrogens with one attached hydrogen (secondary N) is 1. The predicted octanol–water partition coefficient (Wildman–Crippen LogP) is 2.54. The molecule has 1 aliphatic heterocycles. The smallest absolute Gasteiger partial charge is 0.222 e. The van der Waals surface area contributed by atoms with Crippen LogP contribution < -0.4 is 0 Å². The van der Waals surface area contributed by atoms with E-state index in [9.17, 15) is 9.59 Å². The van der Waals surface area contributed by atoms with Crippen LogP contribution in [0.1, 0.15) is 30.6 Å². The summed E-state index contributed by atoms with van der Waals surface area (Å²) in [4.78, 5) is 31.9. The van der Waals surface area contributed by atoms with Gasteiger partial charge < -0.3 is 9.88 Å². The summed E-state index contributed by atoms with van der Waals surface area (Å²) < 4.78 is 0. The van der Waals surface area contributed by atoms with Gasteiger partial charge in [0.25, 0.3) is 0 Å². The normalized spacial score (nSPS) is 16.0. The zero-order valence-electron chi connectivity index (χ0n) is 14.4. The number of H-pyrrole nitrogens is 1. The Balaban J connectivity index is 1.56. The number of carbonyl (C=O) groups excluding carboxylic acids is 2. The van der Waals surface area contributed by atoms with E-state index in [4.69, 9.17) is 0 Å². The second-order valence-corrected chi connectivity index (χ2v) is 6.93. The van der Waals surface area contributed by atoms with Crippen molar-refractivity contribution in [3.05, 3.63) is 36.0 Å². The van der Waals surface area contributed by atoms with Gasteiger partial charge in [0.15, 0.2) is 5.78 Å². The van der Waals surface area contributed by atoms with Gasteiger partial charge in [0, 0.05) is 55.3 Å². The number of benzene rings is 1. The van der Waals surface area contributed by atoms with E-state index in [1.165, 1.54) is 0 Å². The molecule has 5 heteroatoms. The van der Waals surface area contributed by atoms with Gasteiger partial charge in [-0.1, -0.05) is 32.0 Å². The van der Waals surface area contributed by atoms with Crippen LogP contribution in [0.4, 0.5) is 0 Å². The number of Topliss-reactive ketones (excluding diaryl/α,β-unsaturated/α-hetero) is 1. The molecule has 0 unspecified atom stereocenters. The number of piperazine rings is 1. The highest BCUT2D eigenvalue weighted by atomic mass is 16.2. The number of amides is 1. The van der Waals surface area contributed by atoms with Crippen molar-refractivity contribution >= 4 is 22.6 Å². The Morgan fingerprint density at radius 3 is 2.54 bits per heavy atom. The van der Waals surface area contributed by atoms with Crippen molar-refractivity contribution in [3.63, 3.8) is 0 Å². The number of para-hydroxylation sites is 1. The summed E-state index contributed by atoms with van der Waals surface area (Å²) in [5, 5.41) is 0.980. The molecular formula is C19H25N3O2. The second kappa shape index (κ2) is 7.18. The first-order valence-corrected chi connectivity index (χ1v) is 8.64. The first-order chi connectivity index (χ1) is 11.5. The molecule has 1 fully saturated rings. The van der Waals surface area contributed by atoms with Crippen molar-refractivity contribution in [2.24, 2.45) is 5.92 Å². The van der Waals surface area contributed by atoms with Gasteiger partial charge in [-0.05, 0) is 12.0 Å². The lowest BCUT2D eigenvalue weighted by atomic mass is 10.1. The fraction of sp³-hybridized carbons (Fsp3) is 0.474. The molecule has 3 rings (SSSR count). The van der Waals surface area contributed by atoms with E-state index in [-0.39, 0.29) is 11.7 Å². The summed E-state index contributed by atoms with van der Waals surface area (Å²) in [6, 6.07) is 7.86. The van der Waals surface area contributed by atoms with Crippen molar-refractivity contribution < 1.29 is 9.59 Å². The predicted molar refractivity (Wildman–Crippen MR) is 95.1 cm³/mol. The third-order valence-electron chi connectivity index (χ3n) is 4.56. The van der Waals surface area contributed by atoms with Gasteiger partial charge in [-0.25, -0.2) is 0 Å². The second-order valence-electron chi connectivity index (χ2n) is 6.93. The van der Waals surface area contributed by atoms with E-state index in [0.29, 0.717) is 32.0 Å². The van der Waals surface area contributed by atoms with Crippen molar-refractivity contribution in [2.45, 2.75) is 20.3 Å². The number of hydrogen-bond acceptors (Lipinski definition) is 3. The first-order valence-electron chi connectivity index (χ1n) is 8.64. The lowest BCUT2D eigenvalue weighted by Gasteiger charge is -2.34. The Bertz CT molecular complexity index is 727. The Morgan fingerprint density at radius 2 is 1.83 bits per heavy atom. The van der Waals surface area contributed by atoms with E-state index in [0.717, 1.165) is 29.6 Å². The molecular weight excluding hydrogens is 302 g/mol. The third kappa shape index (κ3) is 3.67. The van der Waals surface area contributed by atoms with Crippen molar-refractivity contribution in [1.29, 1.82) is 0 Å². The van der Waals surface area contributed by atoms with Crippen LogP contribution in [0.3, 0.4) is 0 Å². The highest BCUT2D eigenvalue weighted by Crippen LogP contribution is 2.18. The molecule has 1 aromatic carbocycles. The number of carbonyl (C=O) groups is 2. The van der Waals surface area contributed by atoms with Crippen molar-refractivity contribution in [1.82, 2.24) is 14.8 Å². The topological polar surface area (TPSA) is 56.4 Å². The van der Waals surface area contributed by atoms with E-state index in [1.54, 1.807) is 6.20 Å². The summed E-state index contributed by atoms with van der Waals surface area (Å²) in [7, 11) is 0. The molecule has 128 valence electrons. The Labute approximate surface area is 142 Å². The highest BCUT2D eigenvalue weighted by molar-refractivity contribution is 6.08. The molecule has 0 bridgehead atoms. The SMILES string of the molecule is CC(C)CC(=O)N1CCN(CC(=O)c2c[nH]c3ccccc23)CC1. The third-order valence-corrected chi connectivity index (χ3v) is 4.56. The molecule has 1 aliphatic rings. The van der Waals surface area contributed by atoms with Crippen molar-refractivity contribution in [3.8, 4) is 0 Å². The molecule has 0 spiro atoms. The van der Waals surface area contributed by atoms with E-state index < -0.39 is 0 Å². The summed E-state index contributed by atoms with van der Waals surface area (Å²) in [6.07, 6.45) is 2.41. The summed E-state index contributed by atoms with van der Waals surface area (Å²) in [5.74, 6) is 0.751. The molecule has 0 saturated carbocycles. The van der Waals surface area contributed by atoms with Crippen LogP contribution in [-0.2, 0) is 4.79 Å². The van der Waals surface area contributed by atoms with Gasteiger partial charge >= 0.3 is 0 Å². The molecule has 2 aromatic rings. The minimum absolute atomic E-state index is 0.134. The zero-order chi connectivity index (χ0) is 17.1. The van der Waals surface area contributed by atoms with Gasteiger partial charge in [0.2, 0.25) is 5.91 Å². The van der Waals surface area contributed by atoms with Crippen LogP contribution in [-0.4, -0.2) is 59.2 Å². The first kappa shape index (κ1) is 16.7. The number of aromatic amines is 1. The number of aromatic nitrogens is 1. The van der Waals surface area contributed by atoms with Crippen LogP contribution in [0.25, 0.3) is 10.9 Å². The van der Waals surface area contributed by atoms with Crippen LogP contribution in [0.15, 0.2) is 30.5 Å². The number of ketones is 1. The summed E-state index contributed by atoms with van der Waals surface area (Å²) >= 11 is 0. The molecule has 24 heavy (non-hydrogen) atoms. The van der Waals surface area contributed by atoms with Crippen LogP contribution in [0.5, 0.6) is 0 Å². The van der Waals surface area contributed by atoms with E-state index >= 15 is 0 Å². The maximum absolute atomic E-state index is 12.6. The number of nitrogens with zero attached hydrogens (tertiary/aromatic N) is 2. The van der Waals surface area contributed by atoms with Gasteiger partial charge in [-0.15, -0.1) is 0 Å². The standard InChI is InChI=1S/C19H25N3O2/c1-14(2)11-19(24)22-9-7-21(8-10-22)13-18(23)16-12-20-17-6-4-3-5-15(16)17/h3-6,12,14,20H,7-11,13H2,1-2H3. The number of rotatable bonds is 5. The van der Waals surface area contributed by atoms with Crippen molar-refractivity contribution in [2.75, 3.05) is 32.7 Å². The van der Waals surface area contributed by atoms with E-state index in [2.05, 4.69) is 23.7 Å². The quantitative estimate of drug-likeness (QED) is 0.859. The minimum atomic E-state index is 0.134. The van der Waals surface area contributed by atoms with Gasteiger partial charge in [0.05, 0.1) is 6.54 Å². The zero-order valence-corrected chi connectivity index (χ0v) is 14.4. The fourth-order valence-electron chi connectivity index (χ4n) is 3.22. The monoisotopic (exact) mass is 327 g/mol. The van der Waals surface area contributed by atoms with Gasteiger partial charge in [0.1, 0.15) is 0 Å². The fourth-order valence-corrected chi connectivity index (χ4v) is 3.22. The van der Waals surface area contributed by atoms with Gasteiger partial charge in [-0.3, -0.25) is 14.5 Å². The molecule has 1 saturated heterocycles. The lowest BCUT2D eigenvalue weighted by Crippen LogP contribution is -2.50. The Hall–Kier alpha value is -2.14. The molecule has 0 radical (unpaired) electrons. The molecule has 1 aromatic heterocycles. The maximum atomic E-state index is 12.6. The molecule has 0 atom stereocenters. The van der Waals surface area contributed by atoms with Crippen LogP contribution in [0, 0.1) is 5.92 Å². The van der Waals surface area contributed by atoms with Crippen LogP contribution in [0.2, 0.25) is 0 Å². The Kier molecular flexibility index (Phi) is 5.00. The summed E-state index contributed by atoms with van der Waals surface area (Å²) in [6.45, 7) is 7.49. The van der Waals surface area contributed by atoms with Crippen LogP contribution >= 0.6 is 0 Å². The number of hydrogen-bond donors (Lipinski definition) is 1. The molecule has 5 nitrogen and oxygen atoms in total. The molecule has 0 aliphatic carbocycles. The molecule has 1 N–H and O–H groups in total. The Morgan fingerprint density at radius 1 is 1.12 bits per heavy atom. The lowest BCUT2D eigenvalue weighted by molar-refractivity contribution is -0.133.